The topological polar surface area (TPSA) is 111 Å². The molecule has 0 aromatic rings. The molecule has 0 aliphatic heterocycles. The lowest BCUT2D eigenvalue weighted by Gasteiger charge is -2.28. The van der Waals surface area contributed by atoms with Gasteiger partial charge in [-0.05, 0) is 89.9 Å². The number of nitrogens with zero attached hydrogens (tertiary/aromatic N) is 1. The Balaban J connectivity index is 3.94. The second-order valence-electron chi connectivity index (χ2n) is 26.3. The van der Waals surface area contributed by atoms with Gasteiger partial charge < -0.3 is 27.9 Å². The minimum Gasteiger partial charge on any atom is -0.756 e. The third-order valence-electron chi connectivity index (χ3n) is 16.4. The van der Waals surface area contributed by atoms with Crippen LogP contribution in [0.2, 0.25) is 0 Å². The Morgan fingerprint density at radius 1 is 0.364 bits per heavy atom. The van der Waals surface area contributed by atoms with Crippen molar-refractivity contribution in [3.63, 3.8) is 0 Å². The SMILES string of the molecule is CC/C=C\C/C=C\C/C=C\C/C=C\CCCCCCCCCCCCCCC(=O)OC(COC(=O)CCCCCCCCCCCCCCCCCCCCCCCCCC/C=C\C/C=C\C/C=C\CCCCCCC)COP(=O)([O-])OCC[N+](C)(C)C. The lowest BCUT2D eigenvalue weighted by atomic mass is 10.0. The van der Waals surface area contributed by atoms with Crippen LogP contribution in [0.5, 0.6) is 0 Å². The molecular weight excluding hydrogens is 1110 g/mol. The standard InChI is InChI=1S/C78H142NO8P/c1-6-8-10-12-14-16-18-20-22-24-26-28-30-32-33-34-35-36-37-38-39-40-41-42-43-44-45-47-48-50-52-54-56-58-60-62-64-66-68-70-77(80)84-74-76(75-86-88(82,83)85-73-72-79(3,4)5)87-78(81)71-69-67-65-63-61-59-57-55-53-51-49-46-31-29-27-25-23-21-19-17-15-13-11-9-7-2/h9,11,15,17-18,20-21,23-24,26-27,29-30,32,76H,6-8,10,12-14,16,19,22,25,28,31,33-75H2,1-5H3/b11-9-,17-15-,20-18-,23-21-,26-24-,29-27-,32-30-. The summed E-state index contributed by atoms with van der Waals surface area (Å²) >= 11 is 0. The molecule has 0 aliphatic carbocycles. The summed E-state index contributed by atoms with van der Waals surface area (Å²) in [6, 6.07) is 0. The second-order valence-corrected chi connectivity index (χ2v) is 27.7. The van der Waals surface area contributed by atoms with Crippen LogP contribution in [0, 0.1) is 0 Å². The summed E-state index contributed by atoms with van der Waals surface area (Å²) in [5, 5.41) is 0. The fourth-order valence-electron chi connectivity index (χ4n) is 10.7. The first-order valence-corrected chi connectivity index (χ1v) is 38.8. The van der Waals surface area contributed by atoms with E-state index in [-0.39, 0.29) is 32.0 Å². The Morgan fingerprint density at radius 2 is 0.648 bits per heavy atom. The molecule has 0 aromatic heterocycles. The van der Waals surface area contributed by atoms with E-state index in [0.717, 1.165) is 77.0 Å². The summed E-state index contributed by atoms with van der Waals surface area (Å²) in [7, 11) is 1.17. The normalized spacial score (nSPS) is 13.6. The molecule has 0 amide bonds. The van der Waals surface area contributed by atoms with Crippen LogP contribution in [-0.2, 0) is 32.7 Å². The van der Waals surface area contributed by atoms with Crippen molar-refractivity contribution in [2.45, 2.75) is 354 Å². The largest absolute Gasteiger partial charge is 0.756 e. The first kappa shape index (κ1) is 85.2. The smallest absolute Gasteiger partial charge is 0.306 e. The van der Waals surface area contributed by atoms with Crippen molar-refractivity contribution in [3.05, 3.63) is 85.1 Å². The van der Waals surface area contributed by atoms with E-state index < -0.39 is 26.5 Å². The monoisotopic (exact) mass is 1250 g/mol. The zero-order chi connectivity index (χ0) is 64.1. The van der Waals surface area contributed by atoms with E-state index in [0.29, 0.717) is 17.4 Å². The molecule has 0 N–H and O–H groups in total. The highest BCUT2D eigenvalue weighted by molar-refractivity contribution is 7.45. The zero-order valence-electron chi connectivity index (χ0n) is 58.4. The molecule has 0 saturated heterocycles. The molecule has 0 aromatic carbocycles. The van der Waals surface area contributed by atoms with E-state index in [4.69, 9.17) is 18.5 Å². The number of phosphoric ester groups is 1. The Kier molecular flexibility index (Phi) is 66.4. The van der Waals surface area contributed by atoms with Gasteiger partial charge in [0.1, 0.15) is 19.8 Å². The summed E-state index contributed by atoms with van der Waals surface area (Å²) < 4.78 is 34.3. The molecule has 512 valence electrons. The predicted octanol–water partition coefficient (Wildman–Crippen LogP) is 23.9. The average molecular weight is 1250 g/mol. The van der Waals surface area contributed by atoms with Crippen LogP contribution in [0.4, 0.5) is 0 Å². The van der Waals surface area contributed by atoms with Gasteiger partial charge in [0.05, 0.1) is 27.7 Å². The molecule has 0 radical (unpaired) electrons. The highest BCUT2D eigenvalue weighted by atomic mass is 31.2. The first-order valence-electron chi connectivity index (χ1n) is 37.3. The van der Waals surface area contributed by atoms with E-state index in [1.807, 2.05) is 21.1 Å². The van der Waals surface area contributed by atoms with Crippen molar-refractivity contribution >= 4 is 19.8 Å². The summed E-state index contributed by atoms with van der Waals surface area (Å²) in [5.74, 6) is -0.823. The summed E-state index contributed by atoms with van der Waals surface area (Å²) in [5.41, 5.74) is 0. The quantitative estimate of drug-likeness (QED) is 0.0195. The van der Waals surface area contributed by atoms with Gasteiger partial charge in [0.25, 0.3) is 7.82 Å². The number of hydrogen-bond acceptors (Lipinski definition) is 8. The minimum atomic E-state index is -4.65. The molecule has 0 spiro atoms. The third kappa shape index (κ3) is 72.3. The molecule has 0 aliphatic rings. The van der Waals surface area contributed by atoms with E-state index in [1.165, 1.54) is 238 Å². The fourth-order valence-corrected chi connectivity index (χ4v) is 11.4. The van der Waals surface area contributed by atoms with Gasteiger partial charge >= 0.3 is 11.9 Å². The van der Waals surface area contributed by atoms with Crippen LogP contribution >= 0.6 is 7.82 Å². The highest BCUT2D eigenvalue weighted by Gasteiger charge is 2.22. The molecule has 88 heavy (non-hydrogen) atoms. The van der Waals surface area contributed by atoms with Crippen molar-refractivity contribution in [2.75, 3.05) is 47.5 Å². The number of carbonyl (C=O) groups excluding carboxylic acids is 2. The van der Waals surface area contributed by atoms with E-state index in [1.54, 1.807) is 0 Å². The number of quaternary nitrogens is 1. The van der Waals surface area contributed by atoms with E-state index in [9.17, 15) is 19.0 Å². The molecule has 0 fully saturated rings. The van der Waals surface area contributed by atoms with Crippen molar-refractivity contribution in [2.24, 2.45) is 0 Å². The van der Waals surface area contributed by atoms with Gasteiger partial charge in [-0.3, -0.25) is 14.2 Å². The second kappa shape index (κ2) is 68.6. The number of likely N-dealkylation sites (N-methyl/N-ethyl adjacent to an activating group) is 1. The first-order chi connectivity index (χ1) is 43.0. The summed E-state index contributed by atoms with van der Waals surface area (Å²) in [4.78, 5) is 38.1. The maximum absolute atomic E-state index is 12.9. The number of rotatable bonds is 69. The van der Waals surface area contributed by atoms with Gasteiger partial charge in [-0.25, -0.2) is 0 Å². The van der Waals surface area contributed by atoms with E-state index >= 15 is 0 Å². The van der Waals surface area contributed by atoms with Gasteiger partial charge in [-0.2, -0.15) is 0 Å². The van der Waals surface area contributed by atoms with Gasteiger partial charge in [0.15, 0.2) is 6.10 Å². The molecule has 0 bridgehead atoms. The van der Waals surface area contributed by atoms with Crippen LogP contribution in [-0.4, -0.2) is 70.0 Å². The van der Waals surface area contributed by atoms with Crippen molar-refractivity contribution in [3.8, 4) is 0 Å². The van der Waals surface area contributed by atoms with Crippen molar-refractivity contribution < 1.29 is 42.1 Å². The molecule has 0 saturated carbocycles. The average Bonchev–Trinajstić information content (AvgIpc) is 3.57. The number of hydrogen-bond donors (Lipinski definition) is 0. The predicted molar refractivity (Wildman–Crippen MR) is 379 cm³/mol. The van der Waals surface area contributed by atoms with Crippen LogP contribution in [0.1, 0.15) is 348 Å². The maximum Gasteiger partial charge on any atom is 0.306 e. The number of allylic oxidation sites excluding steroid dienone is 14. The Morgan fingerprint density at radius 3 is 0.966 bits per heavy atom. The number of phosphoric acid groups is 1. The van der Waals surface area contributed by atoms with Crippen LogP contribution in [0.3, 0.4) is 0 Å². The third-order valence-corrected chi connectivity index (χ3v) is 17.4. The van der Waals surface area contributed by atoms with Crippen LogP contribution in [0.25, 0.3) is 0 Å². The van der Waals surface area contributed by atoms with Crippen LogP contribution in [0.15, 0.2) is 85.1 Å². The lowest BCUT2D eigenvalue weighted by Crippen LogP contribution is -2.37. The molecule has 0 heterocycles. The number of carbonyl (C=O) groups is 2. The maximum atomic E-state index is 12.9. The van der Waals surface area contributed by atoms with Gasteiger partial charge in [0.2, 0.25) is 0 Å². The molecule has 9 nitrogen and oxygen atoms in total. The van der Waals surface area contributed by atoms with Gasteiger partial charge in [0, 0.05) is 12.8 Å². The summed E-state index contributed by atoms with van der Waals surface area (Å²) in [6.07, 6.45) is 94.0. The lowest BCUT2D eigenvalue weighted by molar-refractivity contribution is -0.870. The molecular formula is C78H142NO8P. The number of ether oxygens (including phenoxy) is 2. The number of esters is 2. The Labute approximate surface area is 545 Å². The summed E-state index contributed by atoms with van der Waals surface area (Å²) in [6.45, 7) is 4.16. The van der Waals surface area contributed by atoms with Gasteiger partial charge in [-0.15, -0.1) is 0 Å². The molecule has 10 heteroatoms. The van der Waals surface area contributed by atoms with E-state index in [2.05, 4.69) is 98.9 Å². The molecule has 2 unspecified atom stereocenters. The molecule has 2 atom stereocenters. The van der Waals surface area contributed by atoms with Gasteiger partial charge in [-0.1, -0.05) is 330 Å². The minimum absolute atomic E-state index is 0.0320. The zero-order valence-corrected chi connectivity index (χ0v) is 59.3. The fraction of sp³-hybridized carbons (Fsp3) is 0.795. The molecule has 0 rings (SSSR count). The Bertz CT molecular complexity index is 1760. The van der Waals surface area contributed by atoms with Crippen molar-refractivity contribution in [1.29, 1.82) is 0 Å². The Hall–Kier alpha value is -2.81. The highest BCUT2D eigenvalue weighted by Crippen LogP contribution is 2.38. The van der Waals surface area contributed by atoms with Crippen molar-refractivity contribution in [1.82, 2.24) is 0 Å². The number of unbranched alkanes of at least 4 members (excludes halogenated alkanes) is 41. The van der Waals surface area contributed by atoms with Crippen LogP contribution < -0.4 is 4.89 Å².